The van der Waals surface area contributed by atoms with E-state index in [2.05, 4.69) is 4.98 Å². The molecule has 0 spiro atoms. The SMILES string of the molecule is COc1ccc(CCC(=O)Cc2nc3ccc(OCCCC(=O)N4CCOCC4)cc3s2)cc1OC. The van der Waals surface area contributed by atoms with Gasteiger partial charge < -0.3 is 23.8 Å². The van der Waals surface area contributed by atoms with Gasteiger partial charge in [0.15, 0.2) is 11.5 Å². The Hall–Kier alpha value is -3.17. The lowest BCUT2D eigenvalue weighted by molar-refractivity contribution is -0.135. The second kappa shape index (κ2) is 12.7. The van der Waals surface area contributed by atoms with E-state index < -0.39 is 0 Å². The van der Waals surface area contributed by atoms with Gasteiger partial charge in [0.1, 0.15) is 16.5 Å². The molecule has 1 aromatic heterocycles. The van der Waals surface area contributed by atoms with Crippen LogP contribution in [-0.4, -0.2) is 68.7 Å². The monoisotopic (exact) mass is 512 g/mol. The zero-order chi connectivity index (χ0) is 25.3. The Morgan fingerprint density at radius 3 is 2.61 bits per heavy atom. The van der Waals surface area contributed by atoms with Crippen LogP contribution in [0.5, 0.6) is 17.2 Å². The minimum absolute atomic E-state index is 0.144. The molecule has 0 aliphatic carbocycles. The smallest absolute Gasteiger partial charge is 0.222 e. The number of aromatic nitrogens is 1. The molecule has 2 aromatic carbocycles. The van der Waals surface area contributed by atoms with E-state index in [1.807, 2.05) is 41.3 Å². The predicted molar refractivity (Wildman–Crippen MR) is 138 cm³/mol. The lowest BCUT2D eigenvalue weighted by Gasteiger charge is -2.26. The van der Waals surface area contributed by atoms with Crippen molar-refractivity contribution in [1.82, 2.24) is 9.88 Å². The van der Waals surface area contributed by atoms with Gasteiger partial charge in [-0.3, -0.25) is 9.59 Å². The van der Waals surface area contributed by atoms with E-state index in [-0.39, 0.29) is 11.7 Å². The number of hydrogen-bond donors (Lipinski definition) is 0. The summed E-state index contributed by atoms with van der Waals surface area (Å²) in [7, 11) is 3.20. The lowest BCUT2D eigenvalue weighted by atomic mass is 10.1. The number of amides is 1. The Morgan fingerprint density at radius 2 is 1.83 bits per heavy atom. The number of thiazole rings is 1. The Bertz CT molecular complexity index is 1190. The van der Waals surface area contributed by atoms with Crippen LogP contribution in [0.2, 0.25) is 0 Å². The van der Waals surface area contributed by atoms with Gasteiger partial charge in [0.2, 0.25) is 5.91 Å². The number of aryl methyl sites for hydroxylation is 1. The first kappa shape index (κ1) is 25.9. The number of methoxy groups -OCH3 is 2. The molecule has 0 unspecified atom stereocenters. The molecule has 0 N–H and O–H groups in total. The van der Waals surface area contributed by atoms with Crippen LogP contribution in [0.15, 0.2) is 36.4 Å². The minimum atomic E-state index is 0.144. The summed E-state index contributed by atoms with van der Waals surface area (Å²) in [5.41, 5.74) is 1.89. The molecule has 0 atom stereocenters. The Balaban J connectivity index is 1.24. The molecule has 0 bridgehead atoms. The summed E-state index contributed by atoms with van der Waals surface area (Å²) < 4.78 is 22.7. The average Bonchev–Trinajstić information content (AvgIpc) is 3.31. The molecule has 1 amide bonds. The first-order valence-electron chi connectivity index (χ1n) is 12.2. The van der Waals surface area contributed by atoms with Crippen molar-refractivity contribution in [3.63, 3.8) is 0 Å². The van der Waals surface area contributed by atoms with Crippen LogP contribution in [0.3, 0.4) is 0 Å². The second-order valence-electron chi connectivity index (χ2n) is 8.59. The van der Waals surface area contributed by atoms with Gasteiger partial charge in [-0.1, -0.05) is 6.07 Å². The van der Waals surface area contributed by atoms with Crippen LogP contribution >= 0.6 is 11.3 Å². The molecule has 0 radical (unpaired) electrons. The van der Waals surface area contributed by atoms with Gasteiger partial charge in [0, 0.05) is 25.9 Å². The van der Waals surface area contributed by atoms with Crippen LogP contribution in [0.1, 0.15) is 29.8 Å². The van der Waals surface area contributed by atoms with Crippen molar-refractivity contribution in [2.75, 3.05) is 47.1 Å². The number of morpholine rings is 1. The van der Waals surface area contributed by atoms with E-state index in [0.29, 0.717) is 76.5 Å². The first-order chi connectivity index (χ1) is 17.6. The number of carbonyl (C=O) groups excluding carboxylic acids is 2. The number of rotatable bonds is 12. The zero-order valence-electron chi connectivity index (χ0n) is 20.8. The number of ketones is 1. The predicted octanol–water partition coefficient (Wildman–Crippen LogP) is 4.08. The van der Waals surface area contributed by atoms with E-state index in [0.717, 1.165) is 26.5 Å². The highest BCUT2D eigenvalue weighted by atomic mass is 32.1. The van der Waals surface area contributed by atoms with Crippen LogP contribution in [0.4, 0.5) is 0 Å². The number of fused-ring (bicyclic) bond motifs is 1. The van der Waals surface area contributed by atoms with Crippen molar-refractivity contribution in [3.8, 4) is 17.2 Å². The van der Waals surface area contributed by atoms with Gasteiger partial charge in [0.25, 0.3) is 0 Å². The van der Waals surface area contributed by atoms with E-state index in [9.17, 15) is 9.59 Å². The van der Waals surface area contributed by atoms with Gasteiger partial charge >= 0.3 is 0 Å². The minimum Gasteiger partial charge on any atom is -0.494 e. The molecular weight excluding hydrogens is 480 g/mol. The normalized spacial score (nSPS) is 13.6. The average molecular weight is 513 g/mol. The van der Waals surface area contributed by atoms with E-state index in [4.69, 9.17) is 18.9 Å². The maximum absolute atomic E-state index is 12.6. The highest BCUT2D eigenvalue weighted by molar-refractivity contribution is 7.18. The van der Waals surface area contributed by atoms with E-state index >= 15 is 0 Å². The van der Waals surface area contributed by atoms with E-state index in [1.54, 1.807) is 14.2 Å². The molecule has 8 nitrogen and oxygen atoms in total. The first-order valence-corrected chi connectivity index (χ1v) is 13.0. The van der Waals surface area contributed by atoms with Crippen molar-refractivity contribution in [3.05, 3.63) is 47.0 Å². The fourth-order valence-corrected chi connectivity index (χ4v) is 5.10. The second-order valence-corrected chi connectivity index (χ2v) is 9.70. The van der Waals surface area contributed by atoms with Gasteiger partial charge in [-0.15, -0.1) is 11.3 Å². The number of Topliss-reactive ketones (excluding diaryl/α,β-unsaturated/α-hetero) is 1. The summed E-state index contributed by atoms with van der Waals surface area (Å²) >= 11 is 1.51. The van der Waals surface area contributed by atoms with Crippen molar-refractivity contribution in [2.24, 2.45) is 0 Å². The maximum atomic E-state index is 12.6. The highest BCUT2D eigenvalue weighted by Gasteiger charge is 2.16. The van der Waals surface area contributed by atoms with Crippen LogP contribution in [-0.2, 0) is 27.2 Å². The number of ether oxygens (including phenoxy) is 4. The summed E-state index contributed by atoms with van der Waals surface area (Å²) in [6.45, 7) is 3.04. The Morgan fingerprint density at radius 1 is 1.03 bits per heavy atom. The standard InChI is InChI=1S/C27H32N2O6S/c1-32-23-10-6-19(16-24(23)33-2)5-7-20(30)17-26-28-22-9-8-21(18-25(22)36-26)35-13-3-4-27(31)29-11-14-34-15-12-29/h6,8-10,16,18H,3-5,7,11-15,17H2,1-2H3. The third-order valence-electron chi connectivity index (χ3n) is 6.06. The molecule has 3 aromatic rings. The number of hydrogen-bond acceptors (Lipinski definition) is 8. The molecule has 4 rings (SSSR count). The van der Waals surface area contributed by atoms with Crippen LogP contribution < -0.4 is 14.2 Å². The molecule has 36 heavy (non-hydrogen) atoms. The van der Waals surface area contributed by atoms with Crippen molar-refractivity contribution < 1.29 is 28.5 Å². The lowest BCUT2D eigenvalue weighted by Crippen LogP contribution is -2.40. The third-order valence-corrected chi connectivity index (χ3v) is 7.08. The summed E-state index contributed by atoms with van der Waals surface area (Å²) in [6, 6.07) is 11.5. The fraction of sp³-hybridized carbons (Fsp3) is 0.444. The van der Waals surface area contributed by atoms with Crippen LogP contribution in [0.25, 0.3) is 10.2 Å². The van der Waals surface area contributed by atoms with E-state index in [1.165, 1.54) is 11.3 Å². The summed E-state index contributed by atoms with van der Waals surface area (Å²) in [4.78, 5) is 31.3. The zero-order valence-corrected chi connectivity index (χ0v) is 21.6. The molecule has 1 saturated heterocycles. The fourth-order valence-electron chi connectivity index (χ4n) is 4.08. The van der Waals surface area contributed by atoms with Gasteiger partial charge in [-0.05, 0) is 48.7 Å². The molecule has 192 valence electrons. The molecule has 9 heteroatoms. The van der Waals surface area contributed by atoms with Gasteiger partial charge in [-0.25, -0.2) is 4.98 Å². The van der Waals surface area contributed by atoms with Crippen molar-refractivity contribution in [2.45, 2.75) is 32.1 Å². The molecule has 1 aliphatic heterocycles. The summed E-state index contributed by atoms with van der Waals surface area (Å²) in [5, 5.41) is 0.801. The third kappa shape index (κ3) is 6.95. The number of carbonyl (C=O) groups is 2. The quantitative estimate of drug-likeness (QED) is 0.338. The maximum Gasteiger partial charge on any atom is 0.222 e. The Kier molecular flexibility index (Phi) is 9.13. The highest BCUT2D eigenvalue weighted by Crippen LogP contribution is 2.29. The topological polar surface area (TPSA) is 87.2 Å². The summed E-state index contributed by atoms with van der Waals surface area (Å²) in [6.07, 6.45) is 2.51. The largest absolute Gasteiger partial charge is 0.494 e. The van der Waals surface area contributed by atoms with Crippen LogP contribution in [0, 0.1) is 0 Å². The molecule has 1 fully saturated rings. The number of nitrogens with zero attached hydrogens (tertiary/aromatic N) is 2. The summed E-state index contributed by atoms with van der Waals surface area (Å²) in [5.74, 6) is 2.38. The van der Waals surface area contributed by atoms with Gasteiger partial charge in [-0.2, -0.15) is 0 Å². The van der Waals surface area contributed by atoms with Crippen molar-refractivity contribution in [1.29, 1.82) is 0 Å². The van der Waals surface area contributed by atoms with Gasteiger partial charge in [0.05, 0.1) is 50.7 Å². The number of benzene rings is 2. The molecule has 0 saturated carbocycles. The molecule has 2 heterocycles. The van der Waals surface area contributed by atoms with Crippen molar-refractivity contribution >= 4 is 33.2 Å². The molecule has 1 aliphatic rings. The Labute approximate surface area is 215 Å². The molecular formula is C27H32N2O6S.